The molecule has 7 heteroatoms. The van der Waals surface area contributed by atoms with Gasteiger partial charge in [-0.15, -0.1) is 0 Å². The van der Waals surface area contributed by atoms with Gasteiger partial charge in [0.15, 0.2) is 8.38 Å². The summed E-state index contributed by atoms with van der Waals surface area (Å²) in [4.78, 5) is 38.0. The highest BCUT2D eigenvalue weighted by Gasteiger charge is 2.18. The lowest BCUT2D eigenvalue weighted by atomic mass is 10.2. The molecule has 13 heavy (non-hydrogen) atoms. The first kappa shape index (κ1) is 12.3. The first-order chi connectivity index (χ1) is 5.93. The third-order valence-corrected chi connectivity index (χ3v) is 1.95. The van der Waals surface area contributed by atoms with E-state index in [1.54, 1.807) is 0 Å². The molecule has 0 aliphatic heterocycles. The van der Waals surface area contributed by atoms with Crippen LogP contribution in [-0.2, 0) is 9.59 Å². The number of hydrogen-bond donors (Lipinski definition) is 4. The molecule has 0 spiro atoms. The SMILES string of the molecule is CC(=O)N[C@@H](CCP(O)O)C(=O)O. The lowest BCUT2D eigenvalue weighted by Crippen LogP contribution is -2.40. The van der Waals surface area contributed by atoms with Gasteiger partial charge in [0, 0.05) is 13.1 Å². The molecule has 0 rings (SSSR count). The van der Waals surface area contributed by atoms with E-state index in [2.05, 4.69) is 5.32 Å². The van der Waals surface area contributed by atoms with Crippen LogP contribution in [0.25, 0.3) is 0 Å². The first-order valence-electron chi connectivity index (χ1n) is 3.58. The molecular weight excluding hydrogens is 197 g/mol. The van der Waals surface area contributed by atoms with Gasteiger partial charge in [-0.1, -0.05) is 0 Å². The molecule has 0 aliphatic carbocycles. The van der Waals surface area contributed by atoms with Gasteiger partial charge >= 0.3 is 5.97 Å². The second-order valence-electron chi connectivity index (χ2n) is 2.48. The van der Waals surface area contributed by atoms with Gasteiger partial charge in [-0.2, -0.15) is 0 Å². The van der Waals surface area contributed by atoms with E-state index in [1.807, 2.05) is 0 Å². The van der Waals surface area contributed by atoms with Crippen molar-refractivity contribution in [3.63, 3.8) is 0 Å². The fraction of sp³-hybridized carbons (Fsp3) is 0.667. The van der Waals surface area contributed by atoms with E-state index in [0.717, 1.165) is 0 Å². The van der Waals surface area contributed by atoms with Crippen LogP contribution in [-0.4, -0.2) is 39.0 Å². The zero-order valence-electron chi connectivity index (χ0n) is 7.10. The fourth-order valence-electron chi connectivity index (χ4n) is 0.747. The van der Waals surface area contributed by atoms with E-state index in [9.17, 15) is 9.59 Å². The average molecular weight is 209 g/mol. The molecule has 6 nitrogen and oxygen atoms in total. The smallest absolute Gasteiger partial charge is 0.326 e. The summed E-state index contributed by atoms with van der Waals surface area (Å²) in [7, 11) is -2.10. The summed E-state index contributed by atoms with van der Waals surface area (Å²) in [6, 6.07) is -1.04. The van der Waals surface area contributed by atoms with E-state index in [1.165, 1.54) is 6.92 Å². The van der Waals surface area contributed by atoms with Crippen LogP contribution in [0.1, 0.15) is 13.3 Å². The highest BCUT2D eigenvalue weighted by molar-refractivity contribution is 7.45. The molecule has 0 saturated carbocycles. The molecule has 0 bridgehead atoms. The zero-order valence-corrected chi connectivity index (χ0v) is 7.99. The van der Waals surface area contributed by atoms with Gasteiger partial charge in [-0.3, -0.25) is 4.79 Å². The normalized spacial score (nSPS) is 12.6. The van der Waals surface area contributed by atoms with Crippen LogP contribution in [0.3, 0.4) is 0 Å². The van der Waals surface area contributed by atoms with E-state index >= 15 is 0 Å². The van der Waals surface area contributed by atoms with Crippen molar-refractivity contribution in [2.45, 2.75) is 19.4 Å². The Hall–Kier alpha value is -0.710. The number of carbonyl (C=O) groups excluding carboxylic acids is 1. The number of hydrogen-bond acceptors (Lipinski definition) is 4. The molecular formula is C6H12NO5P. The highest BCUT2D eigenvalue weighted by Crippen LogP contribution is 2.24. The summed E-state index contributed by atoms with van der Waals surface area (Å²) >= 11 is 0. The topological polar surface area (TPSA) is 107 Å². The summed E-state index contributed by atoms with van der Waals surface area (Å²) in [5.74, 6) is -1.63. The maximum atomic E-state index is 10.5. The molecule has 1 amide bonds. The van der Waals surface area contributed by atoms with Crippen LogP contribution in [0.2, 0.25) is 0 Å². The summed E-state index contributed by atoms with van der Waals surface area (Å²) in [6.07, 6.45) is 0.000195. The molecule has 0 heterocycles. The molecule has 0 aliphatic rings. The monoisotopic (exact) mass is 209 g/mol. The van der Waals surface area contributed by atoms with Gasteiger partial charge in [-0.25, -0.2) is 4.79 Å². The predicted octanol–water partition coefficient (Wildman–Crippen LogP) is -0.738. The molecule has 0 saturated heterocycles. The Morgan fingerprint density at radius 2 is 2.00 bits per heavy atom. The van der Waals surface area contributed by atoms with Crippen LogP contribution < -0.4 is 5.32 Å². The Balaban J connectivity index is 3.95. The average Bonchev–Trinajstić information content (AvgIpc) is 1.96. The fourth-order valence-corrected chi connectivity index (χ4v) is 1.24. The Morgan fingerprint density at radius 1 is 1.46 bits per heavy atom. The number of aliphatic carboxylic acids is 1. The molecule has 0 radical (unpaired) electrons. The van der Waals surface area contributed by atoms with Crippen molar-refractivity contribution in [2.24, 2.45) is 0 Å². The van der Waals surface area contributed by atoms with E-state index in [-0.39, 0.29) is 12.6 Å². The number of rotatable bonds is 5. The molecule has 0 fully saturated rings. The van der Waals surface area contributed by atoms with Gasteiger partial charge < -0.3 is 20.2 Å². The van der Waals surface area contributed by atoms with Crippen LogP contribution >= 0.6 is 8.38 Å². The Kier molecular flexibility index (Phi) is 5.53. The zero-order chi connectivity index (χ0) is 10.4. The Morgan fingerprint density at radius 3 is 2.31 bits per heavy atom. The molecule has 0 aromatic carbocycles. The second kappa shape index (κ2) is 5.85. The van der Waals surface area contributed by atoms with Gasteiger partial charge in [0.2, 0.25) is 5.91 Å². The summed E-state index contributed by atoms with van der Waals surface area (Å²) in [5.41, 5.74) is 0. The minimum Gasteiger partial charge on any atom is -0.480 e. The third kappa shape index (κ3) is 6.45. The number of carboxylic acids is 1. The van der Waals surface area contributed by atoms with Gasteiger partial charge in [0.1, 0.15) is 6.04 Å². The van der Waals surface area contributed by atoms with Gasteiger partial charge in [-0.05, 0) is 6.42 Å². The van der Waals surface area contributed by atoms with Crippen LogP contribution in [0.4, 0.5) is 0 Å². The van der Waals surface area contributed by atoms with Crippen molar-refractivity contribution < 1.29 is 24.5 Å². The Bertz CT molecular complexity index is 195. The second-order valence-corrected chi connectivity index (χ2v) is 3.67. The molecule has 1 atom stereocenters. The minimum absolute atomic E-state index is 0.0212. The third-order valence-electron chi connectivity index (χ3n) is 1.29. The number of carbonyl (C=O) groups is 2. The first-order valence-corrected chi connectivity index (χ1v) is 5.02. The van der Waals surface area contributed by atoms with E-state index < -0.39 is 26.3 Å². The molecule has 4 N–H and O–H groups in total. The van der Waals surface area contributed by atoms with E-state index in [4.69, 9.17) is 14.9 Å². The number of carboxylic acid groups (broad SMARTS) is 1. The molecule has 0 aromatic rings. The maximum Gasteiger partial charge on any atom is 0.326 e. The highest BCUT2D eigenvalue weighted by atomic mass is 31.2. The lowest BCUT2D eigenvalue weighted by molar-refractivity contribution is -0.141. The molecule has 76 valence electrons. The van der Waals surface area contributed by atoms with Gasteiger partial charge in [0.25, 0.3) is 0 Å². The molecule has 0 unspecified atom stereocenters. The maximum absolute atomic E-state index is 10.5. The lowest BCUT2D eigenvalue weighted by Gasteiger charge is -2.12. The Labute approximate surface area is 76.5 Å². The largest absolute Gasteiger partial charge is 0.480 e. The summed E-state index contributed by atoms with van der Waals surface area (Å²) in [5, 5.41) is 10.7. The number of amides is 1. The van der Waals surface area contributed by atoms with Gasteiger partial charge in [0.05, 0.1) is 0 Å². The van der Waals surface area contributed by atoms with Crippen LogP contribution in [0.15, 0.2) is 0 Å². The summed E-state index contributed by atoms with van der Waals surface area (Å²) in [6.45, 7) is 1.21. The van der Waals surface area contributed by atoms with Crippen molar-refractivity contribution in [2.75, 3.05) is 6.16 Å². The van der Waals surface area contributed by atoms with Crippen molar-refractivity contribution in [3.05, 3.63) is 0 Å². The predicted molar refractivity (Wildman–Crippen MR) is 46.1 cm³/mol. The van der Waals surface area contributed by atoms with Crippen LogP contribution in [0, 0.1) is 0 Å². The van der Waals surface area contributed by atoms with Crippen molar-refractivity contribution >= 4 is 20.3 Å². The summed E-state index contributed by atoms with van der Waals surface area (Å²) < 4.78 is 0. The number of nitrogens with one attached hydrogen (secondary N) is 1. The molecule has 0 aromatic heterocycles. The van der Waals surface area contributed by atoms with Crippen molar-refractivity contribution in [1.29, 1.82) is 0 Å². The van der Waals surface area contributed by atoms with Crippen molar-refractivity contribution in [1.82, 2.24) is 5.32 Å². The quantitative estimate of drug-likeness (QED) is 0.446. The van der Waals surface area contributed by atoms with Crippen LogP contribution in [0.5, 0.6) is 0 Å². The van der Waals surface area contributed by atoms with Crippen molar-refractivity contribution in [3.8, 4) is 0 Å². The van der Waals surface area contributed by atoms with E-state index in [0.29, 0.717) is 0 Å². The standard InChI is InChI=1S/C6H12NO5P/c1-4(8)7-5(6(9)10)2-3-13(11)12/h5,11-12H,2-3H2,1H3,(H,7,8)(H,9,10)/t5-/m0/s1. The minimum atomic E-state index is -2.10.